The number of rotatable bonds is 6. The van der Waals surface area contributed by atoms with E-state index in [4.69, 9.17) is 4.74 Å². The van der Waals surface area contributed by atoms with Crippen LogP contribution in [0.15, 0.2) is 24.4 Å². The summed E-state index contributed by atoms with van der Waals surface area (Å²) in [5.74, 6) is 0.0963. The van der Waals surface area contributed by atoms with Crippen LogP contribution in [0.2, 0.25) is 0 Å². The summed E-state index contributed by atoms with van der Waals surface area (Å²) in [4.78, 5) is 8.51. The lowest BCUT2D eigenvalue weighted by atomic mass is 10.2. The Morgan fingerprint density at radius 1 is 1.29 bits per heavy atom. The van der Waals surface area contributed by atoms with Crippen molar-refractivity contribution in [3.63, 3.8) is 0 Å². The number of aromatic nitrogens is 2. The van der Waals surface area contributed by atoms with Crippen LogP contribution in [0, 0.1) is 19.7 Å². The minimum Gasteiger partial charge on any atom is -0.424 e. The Balaban J connectivity index is 2.11. The molecule has 0 amide bonds. The summed E-state index contributed by atoms with van der Waals surface area (Å²) in [7, 11) is 0. The highest BCUT2D eigenvalue weighted by molar-refractivity contribution is 5.34. The van der Waals surface area contributed by atoms with E-state index < -0.39 is 0 Å². The van der Waals surface area contributed by atoms with Crippen LogP contribution in [0.4, 0.5) is 4.39 Å². The molecular formula is C16H20FN3O. The molecule has 112 valence electrons. The zero-order chi connectivity index (χ0) is 15.2. The first-order chi connectivity index (χ1) is 10.1. The molecule has 1 N–H and O–H groups in total. The van der Waals surface area contributed by atoms with Gasteiger partial charge in [0.1, 0.15) is 11.6 Å². The van der Waals surface area contributed by atoms with Crippen molar-refractivity contribution in [3.8, 4) is 11.8 Å². The molecule has 5 heteroatoms. The van der Waals surface area contributed by atoms with Gasteiger partial charge in [0.15, 0.2) is 0 Å². The number of benzene rings is 1. The monoisotopic (exact) mass is 289 g/mol. The summed E-state index contributed by atoms with van der Waals surface area (Å²) in [6.45, 7) is 7.58. The molecule has 0 radical (unpaired) electrons. The number of hydrogen-bond donors (Lipinski definition) is 1. The zero-order valence-corrected chi connectivity index (χ0v) is 12.6. The van der Waals surface area contributed by atoms with Gasteiger partial charge in [-0.2, -0.15) is 4.98 Å². The third-order valence-corrected chi connectivity index (χ3v) is 3.15. The fourth-order valence-electron chi connectivity index (χ4n) is 1.88. The van der Waals surface area contributed by atoms with Crippen molar-refractivity contribution in [1.29, 1.82) is 0 Å². The summed E-state index contributed by atoms with van der Waals surface area (Å²) in [5.41, 5.74) is 2.73. The van der Waals surface area contributed by atoms with Crippen molar-refractivity contribution >= 4 is 0 Å². The Hall–Kier alpha value is -2.01. The maximum atomic E-state index is 13.2. The number of hydrogen-bond acceptors (Lipinski definition) is 4. The molecule has 1 aromatic heterocycles. The normalized spacial score (nSPS) is 10.7. The second-order valence-electron chi connectivity index (χ2n) is 4.95. The van der Waals surface area contributed by atoms with E-state index in [-0.39, 0.29) is 11.8 Å². The fourth-order valence-corrected chi connectivity index (χ4v) is 1.88. The molecule has 2 rings (SSSR count). The van der Waals surface area contributed by atoms with Gasteiger partial charge in [-0.05, 0) is 38.4 Å². The third-order valence-electron chi connectivity index (χ3n) is 3.15. The lowest BCUT2D eigenvalue weighted by molar-refractivity contribution is 0.432. The van der Waals surface area contributed by atoms with Gasteiger partial charge >= 0.3 is 6.01 Å². The minimum atomic E-state index is -0.340. The molecule has 0 atom stereocenters. The number of nitrogens with zero attached hydrogens (tertiary/aromatic N) is 2. The van der Waals surface area contributed by atoms with E-state index in [9.17, 15) is 4.39 Å². The summed E-state index contributed by atoms with van der Waals surface area (Å²) in [6.07, 6.45) is 2.83. The Morgan fingerprint density at radius 3 is 2.81 bits per heavy atom. The SMILES string of the molecule is CCCNCc1cnc(Oc2cc(F)ccc2C)nc1C. The predicted octanol–water partition coefficient (Wildman–Crippen LogP) is 3.52. The van der Waals surface area contributed by atoms with Gasteiger partial charge in [0.05, 0.1) is 0 Å². The largest absolute Gasteiger partial charge is 0.424 e. The molecule has 0 fully saturated rings. The van der Waals surface area contributed by atoms with E-state index in [0.717, 1.165) is 36.3 Å². The average molecular weight is 289 g/mol. The molecule has 0 aliphatic carbocycles. The van der Waals surface area contributed by atoms with Gasteiger partial charge in [-0.25, -0.2) is 9.37 Å². The second-order valence-corrected chi connectivity index (χ2v) is 4.95. The van der Waals surface area contributed by atoms with Crippen molar-refractivity contribution in [2.45, 2.75) is 33.7 Å². The third kappa shape index (κ3) is 4.23. The topological polar surface area (TPSA) is 47.0 Å². The molecule has 0 spiro atoms. The Kier molecular flexibility index (Phi) is 5.22. The van der Waals surface area contributed by atoms with E-state index >= 15 is 0 Å². The minimum absolute atomic E-state index is 0.237. The smallest absolute Gasteiger partial charge is 0.322 e. The Morgan fingerprint density at radius 2 is 2.10 bits per heavy atom. The van der Waals surface area contributed by atoms with Crippen LogP contribution in [-0.4, -0.2) is 16.5 Å². The molecule has 1 heterocycles. The van der Waals surface area contributed by atoms with Gasteiger partial charge in [-0.1, -0.05) is 13.0 Å². The first kappa shape index (κ1) is 15.4. The maximum Gasteiger partial charge on any atom is 0.322 e. The lowest BCUT2D eigenvalue weighted by Crippen LogP contribution is -2.15. The highest BCUT2D eigenvalue weighted by Crippen LogP contribution is 2.23. The molecule has 1 aromatic carbocycles. The Labute approximate surface area is 124 Å². The number of aryl methyl sites for hydroxylation is 2. The highest BCUT2D eigenvalue weighted by atomic mass is 19.1. The van der Waals surface area contributed by atoms with Crippen LogP contribution in [0.3, 0.4) is 0 Å². The molecule has 0 aliphatic rings. The first-order valence-electron chi connectivity index (χ1n) is 7.07. The van der Waals surface area contributed by atoms with Crippen molar-refractivity contribution < 1.29 is 9.13 Å². The summed E-state index contributed by atoms with van der Waals surface area (Å²) in [6, 6.07) is 4.64. The summed E-state index contributed by atoms with van der Waals surface area (Å²) in [5, 5.41) is 3.31. The fraction of sp³-hybridized carbons (Fsp3) is 0.375. The van der Waals surface area contributed by atoms with Gasteiger partial charge in [-0.3, -0.25) is 0 Å². The van der Waals surface area contributed by atoms with Gasteiger partial charge in [0.2, 0.25) is 0 Å². The molecular weight excluding hydrogens is 269 g/mol. The molecule has 0 saturated carbocycles. The van der Waals surface area contributed by atoms with E-state index in [1.54, 1.807) is 12.3 Å². The van der Waals surface area contributed by atoms with Crippen molar-refractivity contribution in [2.24, 2.45) is 0 Å². The van der Waals surface area contributed by atoms with Gasteiger partial charge < -0.3 is 10.1 Å². The van der Waals surface area contributed by atoms with E-state index in [1.165, 1.54) is 12.1 Å². The van der Waals surface area contributed by atoms with Crippen molar-refractivity contribution in [3.05, 3.63) is 47.0 Å². The highest BCUT2D eigenvalue weighted by Gasteiger charge is 2.08. The van der Waals surface area contributed by atoms with Gasteiger partial charge in [0.25, 0.3) is 0 Å². The van der Waals surface area contributed by atoms with Crippen LogP contribution in [0.5, 0.6) is 11.8 Å². The molecule has 0 unspecified atom stereocenters. The molecule has 0 saturated heterocycles. The molecule has 21 heavy (non-hydrogen) atoms. The summed E-state index contributed by atoms with van der Waals surface area (Å²) < 4.78 is 18.8. The molecule has 2 aromatic rings. The van der Waals surface area contributed by atoms with E-state index in [1.807, 2.05) is 13.8 Å². The van der Waals surface area contributed by atoms with Crippen molar-refractivity contribution in [2.75, 3.05) is 6.54 Å². The molecule has 0 aliphatic heterocycles. The quantitative estimate of drug-likeness (QED) is 0.826. The van der Waals surface area contributed by atoms with E-state index in [2.05, 4.69) is 22.2 Å². The van der Waals surface area contributed by atoms with Crippen LogP contribution >= 0.6 is 0 Å². The standard InChI is InChI=1S/C16H20FN3O/c1-4-7-18-9-13-10-19-16(20-12(13)3)21-15-8-14(17)6-5-11(15)2/h5-6,8,10,18H,4,7,9H2,1-3H3. The average Bonchev–Trinajstić information content (AvgIpc) is 2.45. The Bertz CT molecular complexity index is 616. The van der Waals surface area contributed by atoms with Gasteiger partial charge in [0, 0.05) is 30.1 Å². The molecule has 4 nitrogen and oxygen atoms in total. The first-order valence-corrected chi connectivity index (χ1v) is 7.07. The predicted molar refractivity (Wildman–Crippen MR) is 80.0 cm³/mol. The maximum absolute atomic E-state index is 13.2. The number of halogens is 1. The van der Waals surface area contributed by atoms with Crippen LogP contribution in [0.25, 0.3) is 0 Å². The van der Waals surface area contributed by atoms with Crippen molar-refractivity contribution in [1.82, 2.24) is 15.3 Å². The number of ether oxygens (including phenoxy) is 1. The van der Waals surface area contributed by atoms with Crippen LogP contribution < -0.4 is 10.1 Å². The lowest BCUT2D eigenvalue weighted by Gasteiger charge is -2.10. The van der Waals surface area contributed by atoms with Gasteiger partial charge in [-0.15, -0.1) is 0 Å². The molecule has 0 bridgehead atoms. The van der Waals surface area contributed by atoms with Crippen LogP contribution in [0.1, 0.15) is 30.2 Å². The van der Waals surface area contributed by atoms with Crippen LogP contribution in [-0.2, 0) is 6.54 Å². The van der Waals surface area contributed by atoms with E-state index in [0.29, 0.717) is 5.75 Å². The second kappa shape index (κ2) is 7.13. The summed E-state index contributed by atoms with van der Waals surface area (Å²) >= 11 is 0. The number of nitrogens with one attached hydrogen (secondary N) is 1. The zero-order valence-electron chi connectivity index (χ0n) is 12.6.